The number of aromatic nitrogens is 4. The van der Waals surface area contributed by atoms with Gasteiger partial charge in [-0.2, -0.15) is 23.4 Å². The number of para-hydroxylation sites is 1. The minimum absolute atomic E-state index is 0.204. The van der Waals surface area contributed by atoms with E-state index in [1.54, 1.807) is 18.5 Å². The Kier molecular flexibility index (Phi) is 5.16. The monoisotopic (exact) mass is 408 g/mol. The van der Waals surface area contributed by atoms with Gasteiger partial charge in [0.25, 0.3) is 0 Å². The van der Waals surface area contributed by atoms with Gasteiger partial charge < -0.3 is 0 Å². The summed E-state index contributed by atoms with van der Waals surface area (Å²) in [5.41, 5.74) is 0.679. The Morgan fingerprint density at radius 2 is 1.79 bits per heavy atom. The first-order chi connectivity index (χ1) is 13.1. The maximum atomic E-state index is 13.1. The molecule has 0 aliphatic carbocycles. The minimum Gasteiger partial charge on any atom is -0.289 e. The lowest BCUT2D eigenvalue weighted by atomic mass is 10.1. The van der Waals surface area contributed by atoms with Crippen LogP contribution in [0.5, 0.6) is 0 Å². The van der Waals surface area contributed by atoms with Gasteiger partial charge in [0.15, 0.2) is 11.5 Å². The van der Waals surface area contributed by atoms with Crippen LogP contribution < -0.4 is 0 Å². The zero-order valence-corrected chi connectivity index (χ0v) is 16.0. The van der Waals surface area contributed by atoms with E-state index in [-0.39, 0.29) is 10.7 Å². The van der Waals surface area contributed by atoms with E-state index in [0.29, 0.717) is 17.0 Å². The normalized spacial score (nSPS) is 12.1. The van der Waals surface area contributed by atoms with Crippen LogP contribution in [0.1, 0.15) is 33.0 Å². The van der Waals surface area contributed by atoms with Crippen molar-refractivity contribution in [3.63, 3.8) is 0 Å². The number of alkyl halides is 3. The van der Waals surface area contributed by atoms with Crippen LogP contribution in [0.3, 0.4) is 0 Å². The van der Waals surface area contributed by atoms with Gasteiger partial charge in [0.05, 0.1) is 22.6 Å². The van der Waals surface area contributed by atoms with E-state index >= 15 is 0 Å². The molecule has 0 N–H and O–H groups in total. The van der Waals surface area contributed by atoms with Crippen molar-refractivity contribution in [1.82, 2.24) is 19.6 Å². The van der Waals surface area contributed by atoms with Crippen molar-refractivity contribution < 1.29 is 18.0 Å². The lowest BCUT2D eigenvalue weighted by Crippen LogP contribution is -2.08. The number of hydrogen-bond acceptors (Lipinski definition) is 3. The molecule has 1 aromatic carbocycles. The summed E-state index contributed by atoms with van der Waals surface area (Å²) in [6.45, 7) is 3.40. The number of carbonyl (C=O) groups excluding carboxylic acids is 1. The van der Waals surface area contributed by atoms with Crippen LogP contribution in [0.25, 0.3) is 11.8 Å². The molecule has 0 amide bonds. The molecule has 146 valence electrons. The van der Waals surface area contributed by atoms with Gasteiger partial charge in [-0.1, -0.05) is 29.8 Å². The number of hydrogen-bond donors (Lipinski definition) is 0. The first-order valence-corrected chi connectivity index (χ1v) is 8.62. The summed E-state index contributed by atoms with van der Waals surface area (Å²) in [6, 6.07) is 9.23. The molecule has 0 fully saturated rings. The minimum atomic E-state index is -4.68. The predicted molar refractivity (Wildman–Crippen MR) is 99.6 cm³/mol. The van der Waals surface area contributed by atoms with Crippen molar-refractivity contribution in [3.8, 4) is 5.69 Å². The fraction of sp³-hybridized carbons (Fsp3) is 0.211. The molecule has 2 heterocycles. The molecule has 5 nitrogen and oxygen atoms in total. The van der Waals surface area contributed by atoms with Crippen LogP contribution in [0.2, 0.25) is 5.15 Å². The summed E-state index contributed by atoms with van der Waals surface area (Å²) in [6.07, 6.45) is -2.58. The van der Waals surface area contributed by atoms with Crippen LogP contribution in [0.4, 0.5) is 13.2 Å². The number of benzene rings is 1. The van der Waals surface area contributed by atoms with Crippen molar-refractivity contribution >= 4 is 23.5 Å². The van der Waals surface area contributed by atoms with E-state index in [1.165, 1.54) is 7.05 Å². The third-order valence-electron chi connectivity index (χ3n) is 4.22. The first kappa shape index (κ1) is 19.9. The summed E-state index contributed by atoms with van der Waals surface area (Å²) in [5, 5.41) is 7.56. The van der Waals surface area contributed by atoms with E-state index < -0.39 is 17.7 Å². The van der Waals surface area contributed by atoms with E-state index in [1.807, 2.05) is 30.3 Å². The molecule has 3 rings (SSSR count). The zero-order valence-electron chi connectivity index (χ0n) is 15.3. The topological polar surface area (TPSA) is 52.7 Å². The molecule has 2 aromatic heterocycles. The average molecular weight is 409 g/mol. The van der Waals surface area contributed by atoms with E-state index in [9.17, 15) is 18.0 Å². The molecular weight excluding hydrogens is 393 g/mol. The number of nitrogens with zero attached hydrogens (tertiary/aromatic N) is 4. The Morgan fingerprint density at radius 3 is 2.39 bits per heavy atom. The van der Waals surface area contributed by atoms with Crippen molar-refractivity contribution in [2.45, 2.75) is 20.0 Å². The largest absolute Gasteiger partial charge is 0.435 e. The molecule has 0 saturated carbocycles. The van der Waals surface area contributed by atoms with Gasteiger partial charge in [-0.3, -0.25) is 9.48 Å². The molecule has 0 bridgehead atoms. The zero-order chi connectivity index (χ0) is 20.6. The molecule has 0 aliphatic rings. The highest BCUT2D eigenvalue weighted by Gasteiger charge is 2.38. The fourth-order valence-electron chi connectivity index (χ4n) is 2.94. The van der Waals surface area contributed by atoms with Gasteiger partial charge in [0.2, 0.25) is 0 Å². The summed E-state index contributed by atoms with van der Waals surface area (Å²) in [5.74, 6) is -0.467. The van der Waals surface area contributed by atoms with E-state index in [0.717, 1.165) is 22.5 Å². The second-order valence-corrected chi connectivity index (χ2v) is 6.52. The van der Waals surface area contributed by atoms with Crippen LogP contribution in [-0.4, -0.2) is 25.3 Å². The smallest absolute Gasteiger partial charge is 0.289 e. The summed E-state index contributed by atoms with van der Waals surface area (Å²) in [7, 11) is 1.30. The average Bonchev–Trinajstić information content (AvgIpc) is 3.10. The fourth-order valence-corrected chi connectivity index (χ4v) is 3.13. The number of carbonyl (C=O) groups is 1. The van der Waals surface area contributed by atoms with Crippen LogP contribution in [0.15, 0.2) is 36.4 Å². The lowest BCUT2D eigenvalue weighted by Gasteiger charge is -2.04. The molecule has 0 saturated heterocycles. The Hall–Kier alpha value is -2.87. The standard InChI is InChI=1S/C19H16ClF3N4O/c1-11-16(12(2)27(24-11)13-7-5-4-6-8-13)15(28)10-9-14-17(19(21,22)23)25-26(3)18(14)20/h4-10H,1-3H3. The maximum absolute atomic E-state index is 13.1. The summed E-state index contributed by atoms with van der Waals surface area (Å²) in [4.78, 5) is 12.7. The van der Waals surface area contributed by atoms with Gasteiger partial charge in [-0.05, 0) is 38.1 Å². The van der Waals surface area contributed by atoms with Gasteiger partial charge in [-0.25, -0.2) is 4.68 Å². The molecule has 0 aliphatic heterocycles. The number of halogens is 4. The highest BCUT2D eigenvalue weighted by atomic mass is 35.5. The van der Waals surface area contributed by atoms with E-state index in [4.69, 9.17) is 11.6 Å². The highest BCUT2D eigenvalue weighted by Crippen LogP contribution is 2.35. The molecule has 0 radical (unpaired) electrons. The summed E-state index contributed by atoms with van der Waals surface area (Å²) < 4.78 is 42.0. The maximum Gasteiger partial charge on any atom is 0.435 e. The van der Waals surface area contributed by atoms with Crippen LogP contribution in [0, 0.1) is 13.8 Å². The van der Waals surface area contributed by atoms with Crippen LogP contribution in [-0.2, 0) is 13.2 Å². The Bertz CT molecular complexity index is 1070. The third-order valence-corrected chi connectivity index (χ3v) is 4.67. The number of ketones is 1. The number of allylic oxidation sites excluding steroid dienone is 1. The van der Waals surface area contributed by atoms with Gasteiger partial charge >= 0.3 is 6.18 Å². The Balaban J connectivity index is 1.99. The molecule has 9 heteroatoms. The second kappa shape index (κ2) is 7.27. The van der Waals surface area contributed by atoms with Gasteiger partial charge in [0, 0.05) is 12.6 Å². The van der Waals surface area contributed by atoms with Crippen molar-refractivity contribution in [2.75, 3.05) is 0 Å². The first-order valence-electron chi connectivity index (χ1n) is 8.25. The van der Waals surface area contributed by atoms with Crippen LogP contribution >= 0.6 is 11.6 Å². The number of rotatable bonds is 4. The van der Waals surface area contributed by atoms with Crippen molar-refractivity contribution in [2.24, 2.45) is 7.05 Å². The molecular formula is C19H16ClF3N4O. The van der Waals surface area contributed by atoms with E-state index in [2.05, 4.69) is 10.2 Å². The Labute approximate surface area is 164 Å². The molecule has 0 spiro atoms. The second-order valence-electron chi connectivity index (χ2n) is 6.17. The van der Waals surface area contributed by atoms with Gasteiger partial charge in [0.1, 0.15) is 5.15 Å². The highest BCUT2D eigenvalue weighted by molar-refractivity contribution is 6.31. The SMILES string of the molecule is Cc1nn(-c2ccccc2)c(C)c1C(=O)C=Cc1c(C(F)(F)F)nn(C)c1Cl. The number of aryl methyl sites for hydroxylation is 2. The predicted octanol–water partition coefficient (Wildman–Crippen LogP) is 4.79. The molecule has 0 atom stereocenters. The molecule has 28 heavy (non-hydrogen) atoms. The summed E-state index contributed by atoms with van der Waals surface area (Å²) >= 11 is 5.92. The quantitative estimate of drug-likeness (QED) is 0.460. The third kappa shape index (κ3) is 3.60. The molecule has 3 aromatic rings. The van der Waals surface area contributed by atoms with Crippen molar-refractivity contribution in [3.05, 3.63) is 69.8 Å². The lowest BCUT2D eigenvalue weighted by molar-refractivity contribution is -0.141. The van der Waals surface area contributed by atoms with Gasteiger partial charge in [-0.15, -0.1) is 0 Å². The molecule has 0 unspecified atom stereocenters. The van der Waals surface area contributed by atoms with Crippen molar-refractivity contribution in [1.29, 1.82) is 0 Å². The Morgan fingerprint density at radius 1 is 1.14 bits per heavy atom.